The van der Waals surface area contributed by atoms with Crippen molar-refractivity contribution < 1.29 is 14.3 Å². The molecule has 3 heteroatoms. The lowest BCUT2D eigenvalue weighted by molar-refractivity contribution is 0.103. The summed E-state index contributed by atoms with van der Waals surface area (Å²) in [6, 6.07) is 28.2. The van der Waals surface area contributed by atoms with Gasteiger partial charge in [-0.05, 0) is 30.5 Å². The Morgan fingerprint density at radius 2 is 1.45 bits per heavy atom. The molecule has 0 aliphatic carbocycles. The minimum Gasteiger partial charge on any atom is -0.508 e. The predicted octanol–water partition coefficient (Wildman–Crippen LogP) is 6.06. The van der Waals surface area contributed by atoms with Crippen molar-refractivity contribution in [2.45, 2.75) is 19.3 Å². The topological polar surface area (TPSA) is 50.4 Å². The smallest absolute Gasteiger partial charge is 0.196 e. The number of carbonyl (C=O) groups excluding carboxylic acids is 1. The highest BCUT2D eigenvalue weighted by Crippen LogP contribution is 2.30. The Balaban J connectivity index is 1.60. The van der Waals surface area contributed by atoms with E-state index in [-0.39, 0.29) is 5.78 Å². The second-order valence-corrected chi connectivity index (χ2v) is 7.00. The van der Waals surface area contributed by atoms with Crippen LogP contribution in [0.25, 0.3) is 11.3 Å². The zero-order valence-electron chi connectivity index (χ0n) is 16.0. The molecule has 144 valence electrons. The number of benzene rings is 3. The zero-order chi connectivity index (χ0) is 20.1. The van der Waals surface area contributed by atoms with Gasteiger partial charge in [0.25, 0.3) is 0 Å². The van der Waals surface area contributed by atoms with Crippen LogP contribution in [0.2, 0.25) is 0 Å². The second-order valence-electron chi connectivity index (χ2n) is 7.00. The maximum Gasteiger partial charge on any atom is 0.196 e. The summed E-state index contributed by atoms with van der Waals surface area (Å²) in [5.74, 6) is 1.66. The summed E-state index contributed by atoms with van der Waals surface area (Å²) in [7, 11) is 0. The average Bonchev–Trinajstić information content (AvgIpc) is 3.20. The Bertz CT molecular complexity index is 1100. The number of hydrogen-bond acceptors (Lipinski definition) is 3. The quantitative estimate of drug-likeness (QED) is 0.395. The molecule has 0 fully saturated rings. The molecule has 0 saturated carbocycles. The molecule has 3 nitrogen and oxygen atoms in total. The van der Waals surface area contributed by atoms with E-state index < -0.39 is 0 Å². The van der Waals surface area contributed by atoms with Gasteiger partial charge in [0.05, 0.1) is 5.56 Å². The van der Waals surface area contributed by atoms with Crippen LogP contribution >= 0.6 is 0 Å². The van der Waals surface area contributed by atoms with Gasteiger partial charge in [-0.1, -0.05) is 78.9 Å². The number of furan rings is 1. The van der Waals surface area contributed by atoms with Crippen LogP contribution in [0.15, 0.2) is 95.4 Å². The van der Waals surface area contributed by atoms with Gasteiger partial charge in [0.1, 0.15) is 17.3 Å². The van der Waals surface area contributed by atoms with E-state index in [0.29, 0.717) is 29.1 Å². The molecule has 0 amide bonds. The molecule has 0 bridgehead atoms. The number of phenols is 1. The summed E-state index contributed by atoms with van der Waals surface area (Å²) in [6.07, 6.45) is 2.25. The summed E-state index contributed by atoms with van der Waals surface area (Å²) in [5, 5.41) is 9.94. The molecule has 1 heterocycles. The molecule has 4 rings (SSSR count). The first kappa shape index (κ1) is 18.8. The van der Waals surface area contributed by atoms with E-state index in [1.54, 1.807) is 6.07 Å². The van der Waals surface area contributed by atoms with Gasteiger partial charge in [-0.2, -0.15) is 0 Å². The minimum absolute atomic E-state index is 0.0415. The highest BCUT2D eigenvalue weighted by Gasteiger charge is 2.20. The molecular formula is C26H22O3. The van der Waals surface area contributed by atoms with Crippen molar-refractivity contribution in [1.29, 1.82) is 0 Å². The van der Waals surface area contributed by atoms with Gasteiger partial charge in [0, 0.05) is 17.5 Å². The molecule has 29 heavy (non-hydrogen) atoms. The number of carbonyl (C=O) groups is 1. The van der Waals surface area contributed by atoms with E-state index in [1.807, 2.05) is 84.9 Å². The third-order valence-corrected chi connectivity index (χ3v) is 4.96. The van der Waals surface area contributed by atoms with Gasteiger partial charge < -0.3 is 9.52 Å². The fraction of sp³-hybridized carbons (Fsp3) is 0.115. The van der Waals surface area contributed by atoms with E-state index in [2.05, 4.69) is 0 Å². The van der Waals surface area contributed by atoms with Crippen molar-refractivity contribution in [3.05, 3.63) is 113 Å². The van der Waals surface area contributed by atoms with Gasteiger partial charge in [-0.3, -0.25) is 4.79 Å². The number of para-hydroxylation sites is 1. The predicted molar refractivity (Wildman–Crippen MR) is 114 cm³/mol. The monoisotopic (exact) mass is 382 g/mol. The molecule has 0 unspecified atom stereocenters. The van der Waals surface area contributed by atoms with Crippen molar-refractivity contribution in [1.82, 2.24) is 0 Å². The lowest BCUT2D eigenvalue weighted by Crippen LogP contribution is -2.01. The largest absolute Gasteiger partial charge is 0.508 e. The van der Waals surface area contributed by atoms with Gasteiger partial charge in [0.15, 0.2) is 5.78 Å². The number of rotatable bonds is 7. The zero-order valence-corrected chi connectivity index (χ0v) is 16.0. The molecule has 3 aromatic carbocycles. The summed E-state index contributed by atoms with van der Waals surface area (Å²) in [4.78, 5) is 13.1. The van der Waals surface area contributed by atoms with E-state index in [9.17, 15) is 9.90 Å². The summed E-state index contributed by atoms with van der Waals surface area (Å²) < 4.78 is 6.13. The third-order valence-electron chi connectivity index (χ3n) is 4.96. The fourth-order valence-corrected chi connectivity index (χ4v) is 3.46. The standard InChI is InChI=1S/C26H22O3/c27-24-17-8-7-10-19(24)15-9-16-22-18-23(25(28)20-11-3-1-4-12-20)26(29-22)21-13-5-2-6-14-21/h1-8,10-14,17-18,27H,9,15-16H2. The Morgan fingerprint density at radius 1 is 0.793 bits per heavy atom. The number of aromatic hydroxyl groups is 1. The maximum atomic E-state index is 13.1. The lowest BCUT2D eigenvalue weighted by atomic mass is 10.00. The van der Waals surface area contributed by atoms with E-state index in [0.717, 1.165) is 29.7 Å². The van der Waals surface area contributed by atoms with Crippen LogP contribution in [-0.4, -0.2) is 10.9 Å². The van der Waals surface area contributed by atoms with Crippen LogP contribution in [0.5, 0.6) is 5.75 Å². The molecule has 1 N–H and O–H groups in total. The van der Waals surface area contributed by atoms with Crippen LogP contribution in [0.1, 0.15) is 33.7 Å². The van der Waals surface area contributed by atoms with Crippen molar-refractivity contribution in [2.75, 3.05) is 0 Å². The lowest BCUT2D eigenvalue weighted by Gasteiger charge is -2.03. The molecule has 0 radical (unpaired) electrons. The molecule has 0 aliphatic rings. The molecule has 0 aliphatic heterocycles. The average molecular weight is 382 g/mol. The first-order valence-electron chi connectivity index (χ1n) is 9.77. The second kappa shape index (κ2) is 8.61. The molecule has 0 atom stereocenters. The van der Waals surface area contributed by atoms with Gasteiger partial charge in [0.2, 0.25) is 0 Å². The SMILES string of the molecule is O=C(c1ccccc1)c1cc(CCCc2ccccc2O)oc1-c1ccccc1. The first-order chi connectivity index (χ1) is 14.2. The Labute approximate surface area is 170 Å². The van der Waals surface area contributed by atoms with Gasteiger partial charge in [-0.15, -0.1) is 0 Å². The number of hydrogen-bond donors (Lipinski definition) is 1. The highest BCUT2D eigenvalue weighted by atomic mass is 16.3. The summed E-state index contributed by atoms with van der Waals surface area (Å²) in [5.41, 5.74) is 3.04. The molecule has 0 spiro atoms. The van der Waals surface area contributed by atoms with E-state index in [1.165, 1.54) is 0 Å². The first-order valence-corrected chi connectivity index (χ1v) is 9.77. The summed E-state index contributed by atoms with van der Waals surface area (Å²) >= 11 is 0. The fourth-order valence-electron chi connectivity index (χ4n) is 3.46. The van der Waals surface area contributed by atoms with E-state index >= 15 is 0 Å². The van der Waals surface area contributed by atoms with Crippen LogP contribution in [0.4, 0.5) is 0 Å². The van der Waals surface area contributed by atoms with Crippen LogP contribution in [0.3, 0.4) is 0 Å². The molecule has 0 saturated heterocycles. The molecule has 4 aromatic rings. The molecular weight excluding hydrogens is 360 g/mol. The van der Waals surface area contributed by atoms with Gasteiger partial charge in [-0.25, -0.2) is 0 Å². The van der Waals surface area contributed by atoms with Crippen LogP contribution in [0, 0.1) is 0 Å². The Morgan fingerprint density at radius 3 is 2.17 bits per heavy atom. The van der Waals surface area contributed by atoms with Gasteiger partial charge >= 0.3 is 0 Å². The number of ketones is 1. The summed E-state index contributed by atoms with van der Waals surface area (Å²) in [6.45, 7) is 0. The number of phenolic OH excluding ortho intramolecular Hbond substituents is 1. The van der Waals surface area contributed by atoms with Crippen molar-refractivity contribution in [3.8, 4) is 17.1 Å². The molecule has 1 aromatic heterocycles. The minimum atomic E-state index is -0.0415. The van der Waals surface area contributed by atoms with Crippen molar-refractivity contribution >= 4 is 5.78 Å². The van der Waals surface area contributed by atoms with Crippen molar-refractivity contribution in [3.63, 3.8) is 0 Å². The Kier molecular flexibility index (Phi) is 5.57. The van der Waals surface area contributed by atoms with Crippen LogP contribution in [-0.2, 0) is 12.8 Å². The Hall–Kier alpha value is -3.59. The van der Waals surface area contributed by atoms with Crippen LogP contribution < -0.4 is 0 Å². The maximum absolute atomic E-state index is 13.1. The van der Waals surface area contributed by atoms with Crippen molar-refractivity contribution in [2.24, 2.45) is 0 Å². The third kappa shape index (κ3) is 4.30. The normalized spacial score (nSPS) is 10.8. The highest BCUT2D eigenvalue weighted by molar-refractivity contribution is 6.12. The van der Waals surface area contributed by atoms with E-state index in [4.69, 9.17) is 4.42 Å². The number of aryl methyl sites for hydroxylation is 2.